The van der Waals surface area contributed by atoms with Gasteiger partial charge in [-0.15, -0.1) is 0 Å². The van der Waals surface area contributed by atoms with Crippen LogP contribution in [0.4, 0.5) is 15.8 Å². The molecule has 27 heavy (non-hydrogen) atoms. The predicted molar refractivity (Wildman–Crippen MR) is 97.3 cm³/mol. The Balaban J connectivity index is 2.24. The number of anilines is 1. The van der Waals surface area contributed by atoms with Crippen molar-refractivity contribution in [3.8, 4) is 0 Å². The Morgan fingerprint density at radius 1 is 1.22 bits per heavy atom. The summed E-state index contributed by atoms with van der Waals surface area (Å²) in [6.45, 7) is -0.782. The fourth-order valence-corrected chi connectivity index (χ4v) is 2.46. The van der Waals surface area contributed by atoms with Crippen molar-refractivity contribution in [2.75, 3.05) is 18.5 Å². The smallest absolute Gasteiger partial charge is 0.270 e. The maximum absolute atomic E-state index is 13.2. The molecule has 144 valence electrons. The van der Waals surface area contributed by atoms with E-state index >= 15 is 0 Å². The number of halogens is 2. The summed E-state index contributed by atoms with van der Waals surface area (Å²) in [4.78, 5) is 22.9. The summed E-state index contributed by atoms with van der Waals surface area (Å²) in [7, 11) is 0. The molecule has 0 unspecified atom stereocenters. The Morgan fingerprint density at radius 2 is 1.93 bits per heavy atom. The highest BCUT2D eigenvalue weighted by molar-refractivity contribution is 6.30. The number of amides is 1. The number of hydrogen-bond donors (Lipinski definition) is 4. The number of aliphatic hydroxyl groups excluding tert-OH is 2. The first-order chi connectivity index (χ1) is 12.8. The second kappa shape index (κ2) is 9.26. The molecular weight excluding hydrogens is 381 g/mol. The van der Waals surface area contributed by atoms with Crippen molar-refractivity contribution in [3.05, 3.63) is 68.5 Å². The van der Waals surface area contributed by atoms with Crippen LogP contribution in [-0.2, 0) is 6.54 Å². The molecule has 0 aromatic heterocycles. The zero-order valence-corrected chi connectivity index (χ0v) is 14.7. The topological polar surface area (TPSA) is 125 Å². The van der Waals surface area contributed by atoms with Crippen LogP contribution in [0.5, 0.6) is 0 Å². The van der Waals surface area contributed by atoms with Gasteiger partial charge in [-0.25, -0.2) is 4.39 Å². The molecular formula is C17H17ClFN3O5. The van der Waals surface area contributed by atoms with Crippen molar-refractivity contribution >= 4 is 28.9 Å². The second-order valence-electron chi connectivity index (χ2n) is 5.62. The highest BCUT2D eigenvalue weighted by Gasteiger charge is 2.19. The minimum atomic E-state index is -0.742. The summed E-state index contributed by atoms with van der Waals surface area (Å²) in [5.74, 6) is -1.22. The number of nitrogens with one attached hydrogen (secondary N) is 2. The number of nitro groups is 1. The zero-order chi connectivity index (χ0) is 20.0. The van der Waals surface area contributed by atoms with Crippen LogP contribution in [0.3, 0.4) is 0 Å². The molecule has 2 aromatic rings. The standard InChI is InChI=1S/C17H17ClFN3O5/c18-14-5-10(1-3-15(14)19)7-20-17(25)13-6-12(22(26)27)2-4-16(13)21-11(8-23)9-24/h1-6,11,21,23-24H,7-9H2,(H,20,25). The van der Waals surface area contributed by atoms with Crippen molar-refractivity contribution in [3.63, 3.8) is 0 Å². The Bertz CT molecular complexity index is 845. The lowest BCUT2D eigenvalue weighted by Gasteiger charge is -2.17. The van der Waals surface area contributed by atoms with E-state index in [0.29, 0.717) is 5.56 Å². The molecule has 0 bridgehead atoms. The minimum Gasteiger partial charge on any atom is -0.394 e. The Kier molecular flexibility index (Phi) is 7.05. The van der Waals surface area contributed by atoms with E-state index in [2.05, 4.69) is 10.6 Å². The van der Waals surface area contributed by atoms with Gasteiger partial charge in [-0.2, -0.15) is 0 Å². The molecule has 0 aliphatic heterocycles. The van der Waals surface area contributed by atoms with Gasteiger partial charge in [0.1, 0.15) is 5.82 Å². The van der Waals surface area contributed by atoms with Gasteiger partial charge in [0.05, 0.1) is 34.8 Å². The number of nitro benzene ring substituents is 1. The van der Waals surface area contributed by atoms with E-state index in [1.54, 1.807) is 0 Å². The Labute approximate surface area is 158 Å². The van der Waals surface area contributed by atoms with Crippen molar-refractivity contribution < 1.29 is 24.3 Å². The average Bonchev–Trinajstić information content (AvgIpc) is 2.66. The summed E-state index contributed by atoms with van der Waals surface area (Å²) < 4.78 is 13.2. The predicted octanol–water partition coefficient (Wildman–Crippen LogP) is 2.08. The molecule has 2 aromatic carbocycles. The average molecular weight is 398 g/mol. The van der Waals surface area contributed by atoms with Gasteiger partial charge in [0.2, 0.25) is 0 Å². The SMILES string of the molecule is O=C(NCc1ccc(F)c(Cl)c1)c1cc([N+](=O)[O-])ccc1NC(CO)CO. The molecule has 1 amide bonds. The lowest BCUT2D eigenvalue weighted by atomic mass is 10.1. The molecule has 0 spiro atoms. The van der Waals surface area contributed by atoms with Gasteiger partial charge in [-0.1, -0.05) is 17.7 Å². The van der Waals surface area contributed by atoms with Crippen LogP contribution >= 0.6 is 11.6 Å². The second-order valence-corrected chi connectivity index (χ2v) is 6.03. The molecule has 0 aliphatic carbocycles. The van der Waals surface area contributed by atoms with E-state index in [0.717, 1.165) is 12.1 Å². The van der Waals surface area contributed by atoms with Gasteiger partial charge >= 0.3 is 0 Å². The van der Waals surface area contributed by atoms with E-state index < -0.39 is 35.9 Å². The maximum atomic E-state index is 13.2. The number of non-ortho nitro benzene ring substituents is 1. The zero-order valence-electron chi connectivity index (χ0n) is 14.0. The third kappa shape index (κ3) is 5.36. The maximum Gasteiger partial charge on any atom is 0.270 e. The van der Waals surface area contributed by atoms with Crippen LogP contribution in [-0.4, -0.2) is 40.3 Å². The van der Waals surface area contributed by atoms with Gasteiger partial charge in [0, 0.05) is 24.4 Å². The van der Waals surface area contributed by atoms with Crippen molar-refractivity contribution in [1.29, 1.82) is 0 Å². The monoisotopic (exact) mass is 397 g/mol. The van der Waals surface area contributed by atoms with E-state index in [1.165, 1.54) is 24.3 Å². The van der Waals surface area contributed by atoms with Gasteiger partial charge in [-0.3, -0.25) is 14.9 Å². The lowest BCUT2D eigenvalue weighted by Crippen LogP contribution is -2.30. The molecule has 2 rings (SSSR count). The summed E-state index contributed by atoms with van der Waals surface area (Å²) in [6, 6.07) is 6.83. The molecule has 0 radical (unpaired) electrons. The van der Waals surface area contributed by atoms with Crippen LogP contribution in [0.15, 0.2) is 36.4 Å². The fourth-order valence-electron chi connectivity index (χ4n) is 2.26. The lowest BCUT2D eigenvalue weighted by molar-refractivity contribution is -0.384. The van der Waals surface area contributed by atoms with E-state index in [-0.39, 0.29) is 28.5 Å². The van der Waals surface area contributed by atoms with Gasteiger partial charge in [0.15, 0.2) is 0 Å². The molecule has 0 heterocycles. The molecule has 4 N–H and O–H groups in total. The summed E-state index contributed by atoms with van der Waals surface area (Å²) in [5, 5.41) is 34.6. The molecule has 0 saturated carbocycles. The first-order valence-corrected chi connectivity index (χ1v) is 8.22. The van der Waals surface area contributed by atoms with E-state index in [9.17, 15) is 29.5 Å². The third-order valence-corrected chi connectivity index (χ3v) is 3.99. The molecule has 0 fully saturated rings. The van der Waals surface area contributed by atoms with Crippen molar-refractivity contribution in [1.82, 2.24) is 5.32 Å². The third-order valence-electron chi connectivity index (χ3n) is 3.70. The largest absolute Gasteiger partial charge is 0.394 e. The Morgan fingerprint density at radius 3 is 2.52 bits per heavy atom. The van der Waals surface area contributed by atoms with Gasteiger partial charge in [0.25, 0.3) is 11.6 Å². The van der Waals surface area contributed by atoms with E-state index in [1.807, 2.05) is 0 Å². The number of rotatable bonds is 8. The minimum absolute atomic E-state index is 0.0182. The first-order valence-electron chi connectivity index (χ1n) is 7.84. The van der Waals surface area contributed by atoms with Crippen LogP contribution in [0, 0.1) is 15.9 Å². The van der Waals surface area contributed by atoms with Crippen LogP contribution in [0.1, 0.15) is 15.9 Å². The molecule has 0 atom stereocenters. The number of aliphatic hydroxyl groups is 2. The van der Waals surface area contributed by atoms with Gasteiger partial charge in [-0.05, 0) is 23.8 Å². The normalized spacial score (nSPS) is 10.7. The number of carbonyl (C=O) groups excluding carboxylic acids is 1. The highest BCUT2D eigenvalue weighted by atomic mass is 35.5. The summed E-state index contributed by atoms with van der Waals surface area (Å²) >= 11 is 5.70. The number of carbonyl (C=O) groups is 1. The van der Waals surface area contributed by atoms with Gasteiger partial charge < -0.3 is 20.8 Å². The van der Waals surface area contributed by atoms with Crippen molar-refractivity contribution in [2.24, 2.45) is 0 Å². The van der Waals surface area contributed by atoms with Crippen LogP contribution < -0.4 is 10.6 Å². The van der Waals surface area contributed by atoms with Crippen LogP contribution in [0.2, 0.25) is 5.02 Å². The highest BCUT2D eigenvalue weighted by Crippen LogP contribution is 2.23. The quantitative estimate of drug-likeness (QED) is 0.399. The molecule has 8 nitrogen and oxygen atoms in total. The molecule has 0 aliphatic rings. The van der Waals surface area contributed by atoms with Crippen molar-refractivity contribution in [2.45, 2.75) is 12.6 Å². The van der Waals surface area contributed by atoms with Crippen LogP contribution in [0.25, 0.3) is 0 Å². The number of hydrogen-bond acceptors (Lipinski definition) is 6. The first kappa shape index (κ1) is 20.6. The summed E-state index contributed by atoms with van der Waals surface area (Å²) in [5.41, 5.74) is 0.422. The van der Waals surface area contributed by atoms with E-state index in [4.69, 9.17) is 11.6 Å². The molecule has 10 heteroatoms. The fraction of sp³-hybridized carbons (Fsp3) is 0.235. The molecule has 0 saturated heterocycles. The Hall–Kier alpha value is -2.75. The number of nitrogens with zero attached hydrogens (tertiary/aromatic N) is 1. The number of benzene rings is 2. The summed E-state index contributed by atoms with van der Waals surface area (Å²) in [6.07, 6.45) is 0.